The molecule has 1 N–H and O–H groups in total. The van der Waals surface area contributed by atoms with Gasteiger partial charge in [0.2, 0.25) is 5.91 Å². The van der Waals surface area contributed by atoms with Crippen LogP contribution in [0.4, 0.5) is 5.00 Å². The molecular formula is C26H29N5O2S2. The zero-order valence-corrected chi connectivity index (χ0v) is 21.5. The lowest BCUT2D eigenvalue weighted by molar-refractivity contribution is -0.113. The van der Waals surface area contributed by atoms with E-state index in [-0.39, 0.29) is 18.3 Å². The third-order valence-corrected chi connectivity index (χ3v) is 8.10. The van der Waals surface area contributed by atoms with Gasteiger partial charge in [0.1, 0.15) is 23.4 Å². The molecule has 2 heterocycles. The van der Waals surface area contributed by atoms with E-state index in [1.54, 1.807) is 17.4 Å². The van der Waals surface area contributed by atoms with Crippen LogP contribution in [0.15, 0.2) is 42.1 Å². The number of aryl methyl sites for hydroxylation is 2. The Balaban J connectivity index is 1.41. The summed E-state index contributed by atoms with van der Waals surface area (Å²) in [6.45, 7) is 6.61. The summed E-state index contributed by atoms with van der Waals surface area (Å²) in [7, 11) is 0. The van der Waals surface area contributed by atoms with Crippen molar-refractivity contribution in [3.05, 3.63) is 64.3 Å². The van der Waals surface area contributed by atoms with Gasteiger partial charge in [-0.05, 0) is 49.8 Å². The molecule has 1 aromatic carbocycles. The van der Waals surface area contributed by atoms with Crippen LogP contribution in [0, 0.1) is 18.3 Å². The van der Waals surface area contributed by atoms with Crippen molar-refractivity contribution in [3.63, 3.8) is 0 Å². The Morgan fingerprint density at radius 3 is 2.86 bits per heavy atom. The molecule has 2 aromatic heterocycles. The summed E-state index contributed by atoms with van der Waals surface area (Å²) in [6.07, 6.45) is 8.32. The van der Waals surface area contributed by atoms with E-state index in [0.717, 1.165) is 42.6 Å². The van der Waals surface area contributed by atoms with E-state index < -0.39 is 0 Å². The molecule has 9 heteroatoms. The smallest absolute Gasteiger partial charge is 0.235 e. The van der Waals surface area contributed by atoms with Crippen molar-refractivity contribution in [3.8, 4) is 11.8 Å². The number of amides is 1. The molecule has 182 valence electrons. The Hall–Kier alpha value is -3.09. The number of para-hydroxylation sites is 1. The standard InChI is InChI=1S/C26H29N5O2S2/c1-3-14-31-23(16-33-21-12-9-8-10-18(21)2)29-30-26(31)34-17-24(32)28-25-20(15-27)19-11-6-4-5-7-13-22(19)35-25/h3,8-10,12H,1,4-7,11,13-14,16-17H2,2H3,(H,28,32). The van der Waals surface area contributed by atoms with Gasteiger partial charge in [-0.25, -0.2) is 0 Å². The van der Waals surface area contributed by atoms with E-state index in [1.165, 1.54) is 29.5 Å². The Labute approximate surface area is 214 Å². The molecule has 0 bridgehead atoms. The van der Waals surface area contributed by atoms with Crippen molar-refractivity contribution in [2.75, 3.05) is 11.1 Å². The van der Waals surface area contributed by atoms with Gasteiger partial charge in [-0.2, -0.15) is 5.26 Å². The van der Waals surface area contributed by atoms with E-state index in [0.29, 0.717) is 28.1 Å². The zero-order chi connectivity index (χ0) is 24.6. The molecule has 0 aliphatic heterocycles. The molecule has 1 aliphatic carbocycles. The molecule has 1 aliphatic rings. The number of allylic oxidation sites excluding steroid dienone is 1. The molecule has 0 spiro atoms. The fourth-order valence-electron chi connectivity index (χ4n) is 4.12. The van der Waals surface area contributed by atoms with Crippen LogP contribution in [-0.2, 0) is 30.8 Å². The number of carbonyl (C=O) groups is 1. The maximum absolute atomic E-state index is 12.8. The van der Waals surface area contributed by atoms with Crippen LogP contribution in [0.25, 0.3) is 0 Å². The number of thioether (sulfide) groups is 1. The maximum Gasteiger partial charge on any atom is 0.235 e. The molecule has 0 saturated carbocycles. The summed E-state index contributed by atoms with van der Waals surface area (Å²) in [5.74, 6) is 1.47. The topological polar surface area (TPSA) is 92.8 Å². The van der Waals surface area contributed by atoms with Crippen LogP contribution in [0.1, 0.15) is 53.1 Å². The molecule has 7 nitrogen and oxygen atoms in total. The lowest BCUT2D eigenvalue weighted by atomic mass is 9.97. The molecule has 0 unspecified atom stereocenters. The summed E-state index contributed by atoms with van der Waals surface area (Å²) < 4.78 is 7.84. The first-order valence-electron chi connectivity index (χ1n) is 11.8. The quantitative estimate of drug-likeness (QED) is 0.296. The first-order valence-corrected chi connectivity index (χ1v) is 13.6. The number of aromatic nitrogens is 3. The number of carbonyl (C=O) groups excluding carboxylic acids is 1. The Bertz CT molecular complexity index is 1240. The average Bonchev–Trinajstić information content (AvgIpc) is 3.37. The summed E-state index contributed by atoms with van der Waals surface area (Å²) >= 11 is 2.86. The predicted molar refractivity (Wildman–Crippen MR) is 140 cm³/mol. The number of fused-ring (bicyclic) bond motifs is 1. The first-order chi connectivity index (χ1) is 17.1. The molecule has 3 aromatic rings. The van der Waals surface area contributed by atoms with Crippen LogP contribution in [-0.4, -0.2) is 26.4 Å². The largest absolute Gasteiger partial charge is 0.485 e. The molecule has 0 radical (unpaired) electrons. The normalized spacial score (nSPS) is 13.3. The summed E-state index contributed by atoms with van der Waals surface area (Å²) in [5, 5.41) is 22.6. The number of thiophene rings is 1. The van der Waals surface area contributed by atoms with Crippen molar-refractivity contribution < 1.29 is 9.53 Å². The predicted octanol–water partition coefficient (Wildman–Crippen LogP) is 5.67. The molecule has 1 amide bonds. The molecule has 0 saturated heterocycles. The van der Waals surface area contributed by atoms with Crippen molar-refractivity contribution >= 4 is 34.0 Å². The zero-order valence-electron chi connectivity index (χ0n) is 19.9. The maximum atomic E-state index is 12.8. The van der Waals surface area contributed by atoms with Gasteiger partial charge in [0.25, 0.3) is 0 Å². The number of hydrogen-bond acceptors (Lipinski definition) is 7. The number of hydrogen-bond donors (Lipinski definition) is 1. The first kappa shape index (κ1) is 25.0. The van der Waals surface area contributed by atoms with E-state index in [1.807, 2.05) is 35.8 Å². The molecule has 0 atom stereocenters. The van der Waals surface area contributed by atoms with Crippen LogP contribution in [0.5, 0.6) is 5.75 Å². The molecule has 4 rings (SSSR count). The monoisotopic (exact) mass is 507 g/mol. The van der Waals surface area contributed by atoms with Crippen LogP contribution >= 0.6 is 23.1 Å². The summed E-state index contributed by atoms with van der Waals surface area (Å²) in [6, 6.07) is 10.1. The highest BCUT2D eigenvalue weighted by Gasteiger charge is 2.21. The van der Waals surface area contributed by atoms with Gasteiger partial charge in [-0.1, -0.05) is 48.9 Å². The fraction of sp³-hybridized carbons (Fsp3) is 0.385. The number of rotatable bonds is 9. The van der Waals surface area contributed by atoms with E-state index in [4.69, 9.17) is 4.74 Å². The van der Waals surface area contributed by atoms with Gasteiger partial charge >= 0.3 is 0 Å². The minimum atomic E-state index is -0.161. The lowest BCUT2D eigenvalue weighted by Crippen LogP contribution is -2.15. The van der Waals surface area contributed by atoms with Gasteiger partial charge in [-0.15, -0.1) is 28.1 Å². The number of nitrogens with one attached hydrogen (secondary N) is 1. The van der Waals surface area contributed by atoms with Gasteiger partial charge in [0, 0.05) is 11.4 Å². The van der Waals surface area contributed by atoms with E-state index in [2.05, 4.69) is 28.2 Å². The number of nitriles is 1. The third-order valence-electron chi connectivity index (χ3n) is 5.92. The van der Waals surface area contributed by atoms with Gasteiger partial charge in [0.15, 0.2) is 11.0 Å². The third kappa shape index (κ3) is 6.13. The van der Waals surface area contributed by atoms with E-state index in [9.17, 15) is 10.1 Å². The highest BCUT2D eigenvalue weighted by atomic mass is 32.2. The van der Waals surface area contributed by atoms with Gasteiger partial charge in [0.05, 0.1) is 11.3 Å². The Morgan fingerprint density at radius 1 is 1.29 bits per heavy atom. The van der Waals surface area contributed by atoms with Crippen LogP contribution < -0.4 is 10.1 Å². The summed E-state index contributed by atoms with van der Waals surface area (Å²) in [5.41, 5.74) is 2.81. The second-order valence-corrected chi connectivity index (χ2v) is 10.5. The second-order valence-electron chi connectivity index (χ2n) is 8.42. The number of benzene rings is 1. The summed E-state index contributed by atoms with van der Waals surface area (Å²) in [4.78, 5) is 14.0. The Morgan fingerprint density at radius 2 is 2.09 bits per heavy atom. The number of anilines is 1. The highest BCUT2D eigenvalue weighted by molar-refractivity contribution is 7.99. The van der Waals surface area contributed by atoms with Crippen LogP contribution in [0.2, 0.25) is 0 Å². The second kappa shape index (κ2) is 12.0. The van der Waals surface area contributed by atoms with Gasteiger partial charge < -0.3 is 10.1 Å². The van der Waals surface area contributed by atoms with Gasteiger partial charge in [-0.3, -0.25) is 9.36 Å². The minimum absolute atomic E-state index is 0.161. The van der Waals surface area contributed by atoms with E-state index >= 15 is 0 Å². The number of nitrogens with zero attached hydrogens (tertiary/aromatic N) is 4. The SMILES string of the molecule is C=CCn1c(COc2ccccc2C)nnc1SCC(=O)Nc1sc2c(c1C#N)CCCCCC2. The highest BCUT2D eigenvalue weighted by Crippen LogP contribution is 2.36. The van der Waals surface area contributed by atoms with Crippen molar-refractivity contribution in [2.24, 2.45) is 0 Å². The lowest BCUT2D eigenvalue weighted by Gasteiger charge is -2.10. The molecule has 35 heavy (non-hydrogen) atoms. The molecular weight excluding hydrogens is 478 g/mol. The van der Waals surface area contributed by atoms with Crippen molar-refractivity contribution in [2.45, 2.75) is 63.8 Å². The minimum Gasteiger partial charge on any atom is -0.485 e. The Kier molecular flexibility index (Phi) is 8.61. The van der Waals surface area contributed by atoms with Crippen molar-refractivity contribution in [1.82, 2.24) is 14.8 Å². The average molecular weight is 508 g/mol. The number of ether oxygens (including phenoxy) is 1. The van der Waals surface area contributed by atoms with Crippen LogP contribution in [0.3, 0.4) is 0 Å². The fourth-order valence-corrected chi connectivity index (χ4v) is 6.15. The van der Waals surface area contributed by atoms with Crippen molar-refractivity contribution in [1.29, 1.82) is 5.26 Å². The molecule has 0 fully saturated rings.